The number of hydrogen-bond acceptors (Lipinski definition) is 6. The number of nitrogens with zero attached hydrogens (tertiary/aromatic N) is 3. The monoisotopic (exact) mass is 404 g/mol. The molecule has 162 valence electrons. The van der Waals surface area contributed by atoms with E-state index in [1.54, 1.807) is 0 Å². The van der Waals surface area contributed by atoms with Gasteiger partial charge in [0.1, 0.15) is 5.60 Å². The van der Waals surface area contributed by atoms with Crippen molar-refractivity contribution in [3.63, 3.8) is 0 Å². The van der Waals surface area contributed by atoms with Gasteiger partial charge in [-0.1, -0.05) is 0 Å². The number of amides is 1. The second-order valence-corrected chi connectivity index (χ2v) is 9.14. The Kier molecular flexibility index (Phi) is 7.86. The van der Waals surface area contributed by atoms with Crippen LogP contribution in [0.3, 0.4) is 0 Å². The van der Waals surface area contributed by atoms with E-state index in [4.69, 9.17) is 9.47 Å². The Morgan fingerprint density at radius 1 is 1.10 bits per heavy atom. The maximum Gasteiger partial charge on any atom is 0.407 e. The maximum absolute atomic E-state index is 11.8. The molecule has 2 bridgehead atoms. The molecule has 2 atom stereocenters. The summed E-state index contributed by atoms with van der Waals surface area (Å²) in [5, 5.41) is 2.85. The van der Waals surface area contributed by atoms with E-state index in [9.17, 15) is 4.79 Å². The van der Waals surface area contributed by atoms with Gasteiger partial charge in [-0.15, -0.1) is 0 Å². The van der Waals surface area contributed by atoms with Crippen LogP contribution >= 0.6 is 0 Å². The highest BCUT2D eigenvalue weighted by atomic mass is 16.6. The molecule has 2 aliphatic heterocycles. The summed E-state index contributed by atoms with van der Waals surface area (Å²) in [6.07, 6.45) is 7.47. The standard InChI is InChI=1S/C22H36N4O3/c1-22(2,3)29-21(27)24-11-13-26-16-19-14-25(15-20(17-26)28-19)12-5-4-6-18-7-9-23-10-8-18/h7-10,19-20H,4-6,11-17H2,1-3H3,(H,24,27). The molecule has 0 spiro atoms. The molecular weight excluding hydrogens is 368 g/mol. The minimum Gasteiger partial charge on any atom is -0.444 e. The van der Waals surface area contributed by atoms with E-state index in [2.05, 4.69) is 32.2 Å². The van der Waals surface area contributed by atoms with Crippen molar-refractivity contribution in [3.05, 3.63) is 30.1 Å². The summed E-state index contributed by atoms with van der Waals surface area (Å²) in [5.74, 6) is 0. The first-order valence-electron chi connectivity index (χ1n) is 10.8. The quantitative estimate of drug-likeness (QED) is 0.671. The van der Waals surface area contributed by atoms with Crippen LogP contribution < -0.4 is 5.32 Å². The molecule has 7 heteroatoms. The number of nitrogens with one attached hydrogen (secondary N) is 1. The number of fused-ring (bicyclic) bond motifs is 2. The molecule has 2 aliphatic rings. The fourth-order valence-corrected chi connectivity index (χ4v) is 4.07. The maximum atomic E-state index is 11.8. The van der Waals surface area contributed by atoms with Crippen LogP contribution in [0.2, 0.25) is 0 Å². The number of carbonyl (C=O) groups is 1. The number of rotatable bonds is 8. The zero-order valence-corrected chi connectivity index (χ0v) is 18.1. The van der Waals surface area contributed by atoms with E-state index in [0.717, 1.165) is 45.7 Å². The van der Waals surface area contributed by atoms with Gasteiger partial charge in [-0.05, 0) is 64.3 Å². The number of aromatic nitrogens is 1. The first-order chi connectivity index (χ1) is 13.9. The van der Waals surface area contributed by atoms with E-state index in [0.29, 0.717) is 6.54 Å². The average Bonchev–Trinajstić information content (AvgIpc) is 2.64. The lowest BCUT2D eigenvalue weighted by Crippen LogP contribution is -2.60. The molecule has 0 saturated carbocycles. The van der Waals surface area contributed by atoms with E-state index in [-0.39, 0.29) is 18.3 Å². The SMILES string of the molecule is CC(C)(C)OC(=O)NCCN1CC2CN(CCCCc3ccncc3)CC(C1)O2. The van der Waals surface area contributed by atoms with Crippen LogP contribution in [-0.4, -0.2) is 84.5 Å². The third kappa shape index (κ3) is 7.91. The highest BCUT2D eigenvalue weighted by Crippen LogP contribution is 2.19. The number of alkyl carbamates (subject to hydrolysis) is 1. The fourth-order valence-electron chi connectivity index (χ4n) is 4.07. The zero-order valence-electron chi connectivity index (χ0n) is 18.1. The lowest BCUT2D eigenvalue weighted by molar-refractivity contribution is -0.138. The van der Waals surface area contributed by atoms with Crippen molar-refractivity contribution < 1.29 is 14.3 Å². The molecule has 0 aliphatic carbocycles. The Labute approximate surface area is 174 Å². The van der Waals surface area contributed by atoms with Gasteiger partial charge in [0.15, 0.2) is 0 Å². The second-order valence-electron chi connectivity index (χ2n) is 9.14. The highest BCUT2D eigenvalue weighted by molar-refractivity contribution is 5.67. The predicted octanol–water partition coefficient (Wildman–Crippen LogP) is 2.31. The van der Waals surface area contributed by atoms with Crippen molar-refractivity contribution in [2.45, 2.75) is 57.8 Å². The molecule has 2 unspecified atom stereocenters. The summed E-state index contributed by atoms with van der Waals surface area (Å²) >= 11 is 0. The van der Waals surface area contributed by atoms with Crippen molar-refractivity contribution in [2.75, 3.05) is 45.8 Å². The normalized spacial score (nSPS) is 23.0. The average molecular weight is 405 g/mol. The summed E-state index contributed by atoms with van der Waals surface area (Å²) in [7, 11) is 0. The molecule has 1 aromatic heterocycles. The van der Waals surface area contributed by atoms with Crippen molar-refractivity contribution in [1.82, 2.24) is 20.1 Å². The Morgan fingerprint density at radius 2 is 1.72 bits per heavy atom. The Morgan fingerprint density at radius 3 is 2.34 bits per heavy atom. The van der Waals surface area contributed by atoms with Crippen molar-refractivity contribution in [3.8, 4) is 0 Å². The zero-order chi connectivity index (χ0) is 20.7. The van der Waals surface area contributed by atoms with Gasteiger partial charge in [0, 0.05) is 51.7 Å². The number of carbonyl (C=O) groups excluding carboxylic acids is 1. The molecule has 1 aromatic rings. The van der Waals surface area contributed by atoms with Crippen molar-refractivity contribution >= 4 is 6.09 Å². The molecule has 2 fully saturated rings. The molecule has 3 heterocycles. The lowest BCUT2D eigenvalue weighted by atomic mass is 10.1. The van der Waals surface area contributed by atoms with Gasteiger partial charge >= 0.3 is 6.09 Å². The van der Waals surface area contributed by atoms with Crippen LogP contribution in [0, 0.1) is 0 Å². The number of morpholine rings is 2. The Hall–Kier alpha value is -1.70. The predicted molar refractivity (Wildman–Crippen MR) is 113 cm³/mol. The topological polar surface area (TPSA) is 66.9 Å². The number of ether oxygens (including phenoxy) is 2. The smallest absolute Gasteiger partial charge is 0.407 e. The van der Waals surface area contributed by atoms with Gasteiger partial charge in [0.2, 0.25) is 0 Å². The van der Waals surface area contributed by atoms with Crippen LogP contribution in [-0.2, 0) is 15.9 Å². The molecular formula is C22H36N4O3. The molecule has 1 amide bonds. The largest absolute Gasteiger partial charge is 0.444 e. The van der Waals surface area contributed by atoms with Crippen molar-refractivity contribution in [2.24, 2.45) is 0 Å². The first kappa shape index (κ1) is 22.0. The third-order valence-corrected chi connectivity index (χ3v) is 5.27. The van der Waals surface area contributed by atoms with Crippen LogP contribution in [0.15, 0.2) is 24.5 Å². The summed E-state index contributed by atoms with van der Waals surface area (Å²) < 4.78 is 11.4. The van der Waals surface area contributed by atoms with E-state index in [1.807, 2.05) is 33.2 Å². The number of pyridine rings is 1. The highest BCUT2D eigenvalue weighted by Gasteiger charge is 2.34. The molecule has 0 radical (unpaired) electrons. The van der Waals surface area contributed by atoms with E-state index < -0.39 is 5.60 Å². The molecule has 29 heavy (non-hydrogen) atoms. The molecule has 1 N–H and O–H groups in total. The Balaban J connectivity index is 1.31. The van der Waals surface area contributed by atoms with Gasteiger partial charge in [-0.2, -0.15) is 0 Å². The van der Waals surface area contributed by atoms with Gasteiger partial charge in [-0.25, -0.2) is 4.79 Å². The van der Waals surface area contributed by atoms with Crippen LogP contribution in [0.5, 0.6) is 0 Å². The Bertz CT molecular complexity index is 621. The van der Waals surface area contributed by atoms with Crippen molar-refractivity contribution in [1.29, 1.82) is 0 Å². The minimum absolute atomic E-state index is 0.268. The first-order valence-corrected chi connectivity index (χ1v) is 10.8. The van der Waals surface area contributed by atoms with Gasteiger partial charge in [0.25, 0.3) is 0 Å². The van der Waals surface area contributed by atoms with E-state index in [1.165, 1.54) is 18.4 Å². The second kappa shape index (κ2) is 10.4. The fraction of sp³-hybridized carbons (Fsp3) is 0.727. The summed E-state index contributed by atoms with van der Waals surface area (Å²) in [5.41, 5.74) is 0.913. The summed E-state index contributed by atoms with van der Waals surface area (Å²) in [4.78, 5) is 20.8. The summed E-state index contributed by atoms with van der Waals surface area (Å²) in [6.45, 7) is 12.1. The number of unbranched alkanes of at least 4 members (excludes halogenated alkanes) is 1. The van der Waals surface area contributed by atoms with Crippen LogP contribution in [0.4, 0.5) is 4.79 Å². The lowest BCUT2D eigenvalue weighted by Gasteiger charge is -2.46. The van der Waals surface area contributed by atoms with Gasteiger partial charge < -0.3 is 14.8 Å². The van der Waals surface area contributed by atoms with Gasteiger partial charge in [-0.3, -0.25) is 14.8 Å². The van der Waals surface area contributed by atoms with Gasteiger partial charge in [0.05, 0.1) is 12.2 Å². The molecule has 2 saturated heterocycles. The van der Waals surface area contributed by atoms with Crippen LogP contribution in [0.1, 0.15) is 39.2 Å². The number of aryl methyl sites for hydroxylation is 1. The molecule has 7 nitrogen and oxygen atoms in total. The molecule has 3 rings (SSSR count). The van der Waals surface area contributed by atoms with E-state index >= 15 is 0 Å². The molecule has 0 aromatic carbocycles. The summed E-state index contributed by atoms with van der Waals surface area (Å²) in [6, 6.07) is 4.21. The number of hydrogen-bond donors (Lipinski definition) is 1. The minimum atomic E-state index is -0.457. The van der Waals surface area contributed by atoms with Crippen LogP contribution in [0.25, 0.3) is 0 Å². The third-order valence-electron chi connectivity index (χ3n) is 5.27.